The van der Waals surface area contributed by atoms with Crippen molar-refractivity contribution in [1.29, 1.82) is 0 Å². The van der Waals surface area contributed by atoms with Crippen LogP contribution >= 0.6 is 0 Å². The van der Waals surface area contributed by atoms with Crippen molar-refractivity contribution in [3.63, 3.8) is 0 Å². The van der Waals surface area contributed by atoms with Gasteiger partial charge in [-0.2, -0.15) is 0 Å². The summed E-state index contributed by atoms with van der Waals surface area (Å²) in [6.07, 6.45) is 7.32. The highest BCUT2D eigenvalue weighted by Crippen LogP contribution is 2.31. The molecule has 5 rings (SSSR count). The average molecular weight is 450 g/mol. The number of nitrogens with one attached hydrogen (secondary N) is 1. The van der Waals surface area contributed by atoms with Crippen molar-refractivity contribution in [3.8, 4) is 22.4 Å². The Morgan fingerprint density at radius 3 is 2.24 bits per heavy atom. The summed E-state index contributed by atoms with van der Waals surface area (Å²) in [5.74, 6) is 1.59. The first-order valence-electron chi connectivity index (χ1n) is 12.2. The molecule has 0 atom stereocenters. The van der Waals surface area contributed by atoms with Gasteiger partial charge in [-0.1, -0.05) is 60.7 Å². The number of likely N-dealkylation sites (tertiary alicyclic amines) is 1. The van der Waals surface area contributed by atoms with Gasteiger partial charge in [0.15, 0.2) is 0 Å². The molecular formula is C29H31N5. The second kappa shape index (κ2) is 11.0. The lowest BCUT2D eigenvalue weighted by atomic mass is 9.93. The Hall–Kier alpha value is -3.57. The Balaban J connectivity index is 1.18. The Labute approximate surface area is 201 Å². The highest BCUT2D eigenvalue weighted by molar-refractivity contribution is 5.81. The first-order valence-corrected chi connectivity index (χ1v) is 12.2. The van der Waals surface area contributed by atoms with E-state index < -0.39 is 0 Å². The zero-order valence-electron chi connectivity index (χ0n) is 19.5. The van der Waals surface area contributed by atoms with Crippen LogP contribution in [-0.4, -0.2) is 39.7 Å². The number of benzene rings is 2. The number of anilines is 1. The lowest BCUT2D eigenvalue weighted by Gasteiger charge is -2.32. The van der Waals surface area contributed by atoms with Gasteiger partial charge in [0.2, 0.25) is 0 Å². The van der Waals surface area contributed by atoms with E-state index in [4.69, 9.17) is 0 Å². The third kappa shape index (κ3) is 5.67. The van der Waals surface area contributed by atoms with E-state index in [2.05, 4.69) is 73.9 Å². The van der Waals surface area contributed by atoms with Gasteiger partial charge in [-0.3, -0.25) is 9.88 Å². The maximum absolute atomic E-state index is 4.60. The molecule has 0 radical (unpaired) electrons. The summed E-state index contributed by atoms with van der Waals surface area (Å²) in [4.78, 5) is 6.75. The normalized spacial score (nSPS) is 14.7. The largest absolute Gasteiger partial charge is 0.369 e. The fourth-order valence-electron chi connectivity index (χ4n) is 4.72. The van der Waals surface area contributed by atoms with E-state index in [-0.39, 0.29) is 0 Å². The lowest BCUT2D eigenvalue weighted by Crippen LogP contribution is -2.33. The lowest BCUT2D eigenvalue weighted by molar-refractivity contribution is 0.174. The van der Waals surface area contributed by atoms with Crippen LogP contribution in [0.1, 0.15) is 24.8 Å². The van der Waals surface area contributed by atoms with E-state index in [0.29, 0.717) is 0 Å². The van der Waals surface area contributed by atoms with E-state index >= 15 is 0 Å². The number of nitrogens with zero attached hydrogens (tertiary/aromatic N) is 4. The Morgan fingerprint density at radius 1 is 0.794 bits per heavy atom. The standard InChI is InChI=1S/C29H31N5/c1-3-7-24(8-4-1)22-34-19-14-23(15-20-34)11-18-31-28-21-27(25-12-16-30-17-13-25)29(33-32-28)26-9-5-2-6-10-26/h1-10,12-13,16-17,21,23H,11,14-15,18-20,22H2,(H,31,32). The van der Waals surface area contributed by atoms with Gasteiger partial charge in [0.25, 0.3) is 0 Å². The molecule has 0 aliphatic carbocycles. The molecule has 1 aliphatic rings. The van der Waals surface area contributed by atoms with Gasteiger partial charge < -0.3 is 5.32 Å². The summed E-state index contributed by atoms with van der Waals surface area (Å²) < 4.78 is 0. The zero-order valence-corrected chi connectivity index (χ0v) is 19.5. The molecule has 5 heteroatoms. The van der Waals surface area contributed by atoms with Gasteiger partial charge >= 0.3 is 0 Å². The molecule has 172 valence electrons. The predicted octanol–water partition coefficient (Wildman–Crippen LogP) is 5.92. The maximum Gasteiger partial charge on any atom is 0.149 e. The molecule has 0 unspecified atom stereocenters. The summed E-state index contributed by atoms with van der Waals surface area (Å²) in [6.45, 7) is 4.33. The van der Waals surface area contributed by atoms with E-state index in [1.807, 2.05) is 42.7 Å². The number of pyridine rings is 1. The molecule has 5 nitrogen and oxygen atoms in total. The summed E-state index contributed by atoms with van der Waals surface area (Å²) >= 11 is 0. The van der Waals surface area contributed by atoms with E-state index in [1.165, 1.54) is 31.5 Å². The van der Waals surface area contributed by atoms with Crippen molar-refractivity contribution in [2.75, 3.05) is 25.0 Å². The zero-order chi connectivity index (χ0) is 23.0. The second-order valence-corrected chi connectivity index (χ2v) is 9.01. The van der Waals surface area contributed by atoms with Crippen molar-refractivity contribution in [1.82, 2.24) is 20.1 Å². The number of hydrogen-bond acceptors (Lipinski definition) is 5. The van der Waals surface area contributed by atoms with Gasteiger partial charge in [0, 0.05) is 36.6 Å². The van der Waals surface area contributed by atoms with Gasteiger partial charge in [-0.25, -0.2) is 0 Å². The molecule has 2 aromatic heterocycles. The maximum atomic E-state index is 4.60. The predicted molar refractivity (Wildman–Crippen MR) is 138 cm³/mol. The Kier molecular flexibility index (Phi) is 7.22. The molecular weight excluding hydrogens is 418 g/mol. The molecule has 2 aromatic carbocycles. The number of hydrogen-bond donors (Lipinski definition) is 1. The average Bonchev–Trinajstić information content (AvgIpc) is 2.91. The van der Waals surface area contributed by atoms with E-state index in [1.54, 1.807) is 0 Å². The monoisotopic (exact) mass is 449 g/mol. The molecule has 1 fully saturated rings. The van der Waals surface area contributed by atoms with Crippen LogP contribution in [-0.2, 0) is 6.54 Å². The molecule has 0 bridgehead atoms. The fraction of sp³-hybridized carbons (Fsp3) is 0.276. The van der Waals surface area contributed by atoms with E-state index in [9.17, 15) is 0 Å². The van der Waals surface area contributed by atoms with Crippen LogP contribution in [0.15, 0.2) is 91.3 Å². The minimum Gasteiger partial charge on any atom is -0.369 e. The molecule has 3 heterocycles. The Bertz CT molecular complexity index is 1160. The van der Waals surface area contributed by atoms with Crippen molar-refractivity contribution >= 4 is 5.82 Å². The molecule has 0 amide bonds. The molecule has 0 saturated carbocycles. The van der Waals surface area contributed by atoms with Crippen LogP contribution in [0.2, 0.25) is 0 Å². The number of rotatable bonds is 8. The number of aromatic nitrogens is 3. The summed E-state index contributed by atoms with van der Waals surface area (Å²) in [5, 5.41) is 12.6. The minimum absolute atomic E-state index is 0.760. The summed E-state index contributed by atoms with van der Waals surface area (Å²) in [7, 11) is 0. The minimum atomic E-state index is 0.760. The first-order chi connectivity index (χ1) is 16.8. The van der Waals surface area contributed by atoms with Crippen molar-refractivity contribution in [2.24, 2.45) is 5.92 Å². The second-order valence-electron chi connectivity index (χ2n) is 9.01. The first kappa shape index (κ1) is 22.2. The van der Waals surface area contributed by atoms with E-state index in [0.717, 1.165) is 53.6 Å². The highest BCUT2D eigenvalue weighted by atomic mass is 15.2. The van der Waals surface area contributed by atoms with Crippen LogP contribution in [0.25, 0.3) is 22.4 Å². The van der Waals surface area contributed by atoms with Crippen LogP contribution in [0.3, 0.4) is 0 Å². The topological polar surface area (TPSA) is 53.9 Å². The molecule has 0 spiro atoms. The van der Waals surface area contributed by atoms with Crippen molar-refractivity contribution in [2.45, 2.75) is 25.8 Å². The van der Waals surface area contributed by atoms with Gasteiger partial charge in [0.05, 0.1) is 0 Å². The molecule has 1 N–H and O–H groups in total. The van der Waals surface area contributed by atoms with Gasteiger partial charge in [0.1, 0.15) is 11.5 Å². The van der Waals surface area contributed by atoms with Gasteiger partial charge in [-0.15, -0.1) is 10.2 Å². The number of piperidine rings is 1. The van der Waals surface area contributed by atoms with Crippen LogP contribution in [0.4, 0.5) is 5.82 Å². The molecule has 1 saturated heterocycles. The quantitative estimate of drug-likeness (QED) is 0.362. The third-order valence-corrected chi connectivity index (χ3v) is 6.65. The Morgan fingerprint density at radius 2 is 1.50 bits per heavy atom. The van der Waals surface area contributed by atoms with Crippen molar-refractivity contribution < 1.29 is 0 Å². The molecule has 34 heavy (non-hydrogen) atoms. The third-order valence-electron chi connectivity index (χ3n) is 6.65. The smallest absolute Gasteiger partial charge is 0.149 e. The van der Waals surface area contributed by atoms with Crippen LogP contribution in [0.5, 0.6) is 0 Å². The summed E-state index contributed by atoms with van der Waals surface area (Å²) in [6, 6.07) is 27.2. The highest BCUT2D eigenvalue weighted by Gasteiger charge is 2.19. The van der Waals surface area contributed by atoms with Gasteiger partial charge in [-0.05, 0) is 67.6 Å². The molecule has 4 aromatic rings. The van der Waals surface area contributed by atoms with Crippen LogP contribution in [0, 0.1) is 5.92 Å². The van der Waals surface area contributed by atoms with Crippen molar-refractivity contribution in [3.05, 3.63) is 96.8 Å². The summed E-state index contributed by atoms with van der Waals surface area (Å²) in [5.41, 5.74) is 5.53. The SMILES string of the molecule is c1ccc(CN2CCC(CCNc3cc(-c4ccncc4)c(-c4ccccc4)nn3)CC2)cc1. The molecule has 1 aliphatic heterocycles. The fourth-order valence-corrected chi connectivity index (χ4v) is 4.72. The van der Waals surface area contributed by atoms with Crippen LogP contribution < -0.4 is 5.32 Å².